The zero-order chi connectivity index (χ0) is 15.7. The molecule has 22 heavy (non-hydrogen) atoms. The van der Waals surface area contributed by atoms with E-state index in [9.17, 15) is 8.42 Å². The van der Waals surface area contributed by atoms with E-state index in [4.69, 9.17) is 5.14 Å². The lowest BCUT2D eigenvalue weighted by Gasteiger charge is -2.30. The maximum Gasteiger partial charge on any atom is 0.238 e. The van der Waals surface area contributed by atoms with E-state index in [1.54, 1.807) is 25.4 Å². The fourth-order valence-electron chi connectivity index (χ4n) is 2.55. The Morgan fingerprint density at radius 1 is 1.27 bits per heavy atom. The third-order valence-electron chi connectivity index (χ3n) is 3.71. The Labute approximate surface area is 129 Å². The molecule has 1 aromatic carbocycles. The number of sulfonamides is 1. The van der Waals surface area contributed by atoms with Crippen LogP contribution in [0.2, 0.25) is 0 Å². The average molecular weight is 319 g/mol. The molecule has 0 amide bonds. The van der Waals surface area contributed by atoms with Crippen LogP contribution in [0.25, 0.3) is 0 Å². The van der Waals surface area contributed by atoms with Crippen molar-refractivity contribution in [2.75, 3.05) is 23.8 Å². The van der Waals surface area contributed by atoms with Gasteiger partial charge >= 0.3 is 0 Å². The number of nitrogens with zero attached hydrogens (tertiary/aromatic N) is 3. The molecule has 0 fully saturated rings. The molecule has 3 rings (SSSR count). The molecule has 0 saturated carbocycles. The Bertz CT molecular complexity index is 807. The predicted octanol–water partition coefficient (Wildman–Crippen LogP) is 0.728. The molecule has 1 aromatic heterocycles. The highest BCUT2D eigenvalue weighted by molar-refractivity contribution is 7.89. The number of hydrogen-bond donors (Lipinski definition) is 2. The summed E-state index contributed by atoms with van der Waals surface area (Å²) in [7, 11) is -1.92. The molecule has 0 aliphatic carbocycles. The lowest BCUT2D eigenvalue weighted by atomic mass is 10.00. The van der Waals surface area contributed by atoms with E-state index >= 15 is 0 Å². The van der Waals surface area contributed by atoms with E-state index in [1.165, 1.54) is 0 Å². The Morgan fingerprint density at radius 3 is 2.82 bits per heavy atom. The summed E-state index contributed by atoms with van der Waals surface area (Å²) < 4.78 is 23.0. The standard InChI is InChI=1S/C14H17N5O2S/c1-16-14-17-6-4-13(18-14)19-7-5-10-2-3-12(22(15,20)21)8-11(10)9-19/h2-4,6,8H,5,7,9H2,1H3,(H2,15,20,21)(H,16,17,18). The van der Waals surface area contributed by atoms with Gasteiger partial charge in [-0.3, -0.25) is 0 Å². The number of rotatable bonds is 3. The maximum absolute atomic E-state index is 11.5. The van der Waals surface area contributed by atoms with Gasteiger partial charge in [-0.1, -0.05) is 6.07 Å². The minimum absolute atomic E-state index is 0.145. The Kier molecular flexibility index (Phi) is 3.71. The number of benzene rings is 1. The summed E-state index contributed by atoms with van der Waals surface area (Å²) in [6, 6.07) is 6.89. The first kappa shape index (κ1) is 14.7. The monoisotopic (exact) mass is 319 g/mol. The molecule has 0 unspecified atom stereocenters. The first-order chi connectivity index (χ1) is 10.5. The van der Waals surface area contributed by atoms with E-state index in [2.05, 4.69) is 20.2 Å². The first-order valence-electron chi connectivity index (χ1n) is 6.88. The van der Waals surface area contributed by atoms with Crippen molar-refractivity contribution in [1.82, 2.24) is 9.97 Å². The molecular formula is C14H17N5O2S. The fourth-order valence-corrected chi connectivity index (χ4v) is 3.12. The van der Waals surface area contributed by atoms with Crippen LogP contribution < -0.4 is 15.4 Å². The summed E-state index contributed by atoms with van der Waals surface area (Å²) in [5.74, 6) is 1.37. The van der Waals surface area contributed by atoms with E-state index in [-0.39, 0.29) is 4.90 Å². The summed E-state index contributed by atoms with van der Waals surface area (Å²) in [5.41, 5.74) is 2.11. The predicted molar refractivity (Wildman–Crippen MR) is 84.1 cm³/mol. The second kappa shape index (κ2) is 5.54. The smallest absolute Gasteiger partial charge is 0.238 e. The van der Waals surface area contributed by atoms with Gasteiger partial charge in [0.2, 0.25) is 16.0 Å². The van der Waals surface area contributed by atoms with Crippen LogP contribution in [0.4, 0.5) is 11.8 Å². The van der Waals surface area contributed by atoms with Crippen LogP contribution in [-0.4, -0.2) is 32.0 Å². The van der Waals surface area contributed by atoms with Crippen molar-refractivity contribution in [3.8, 4) is 0 Å². The van der Waals surface area contributed by atoms with Gasteiger partial charge in [0.25, 0.3) is 0 Å². The van der Waals surface area contributed by atoms with Crippen LogP contribution in [0.3, 0.4) is 0 Å². The van der Waals surface area contributed by atoms with E-state index in [0.29, 0.717) is 12.5 Å². The number of aromatic nitrogens is 2. The summed E-state index contributed by atoms with van der Waals surface area (Å²) in [5, 5.41) is 8.11. The highest BCUT2D eigenvalue weighted by Crippen LogP contribution is 2.25. The Balaban J connectivity index is 1.92. The Morgan fingerprint density at radius 2 is 2.09 bits per heavy atom. The molecule has 0 bridgehead atoms. The number of primary sulfonamides is 1. The SMILES string of the molecule is CNc1nccc(N2CCc3ccc(S(N)(=O)=O)cc3C2)n1. The number of fused-ring (bicyclic) bond motifs is 1. The summed E-state index contributed by atoms with van der Waals surface area (Å²) in [6.07, 6.45) is 2.53. The maximum atomic E-state index is 11.5. The van der Waals surface area contributed by atoms with Crippen LogP contribution in [0.5, 0.6) is 0 Å². The van der Waals surface area contributed by atoms with Gasteiger partial charge < -0.3 is 10.2 Å². The minimum atomic E-state index is -3.68. The van der Waals surface area contributed by atoms with Gasteiger partial charge in [-0.2, -0.15) is 4.98 Å². The van der Waals surface area contributed by atoms with Crippen molar-refractivity contribution in [2.24, 2.45) is 5.14 Å². The first-order valence-corrected chi connectivity index (χ1v) is 8.42. The zero-order valence-corrected chi connectivity index (χ0v) is 13.0. The molecule has 0 saturated heterocycles. The van der Waals surface area contributed by atoms with Crippen LogP contribution >= 0.6 is 0 Å². The van der Waals surface area contributed by atoms with Crippen molar-refractivity contribution in [1.29, 1.82) is 0 Å². The second-order valence-electron chi connectivity index (χ2n) is 5.14. The molecule has 116 valence electrons. The van der Waals surface area contributed by atoms with Crippen molar-refractivity contribution >= 4 is 21.8 Å². The van der Waals surface area contributed by atoms with Crippen molar-refractivity contribution in [2.45, 2.75) is 17.9 Å². The molecule has 1 aliphatic rings. The molecule has 2 aromatic rings. The third kappa shape index (κ3) is 2.88. The minimum Gasteiger partial charge on any atom is -0.357 e. The van der Waals surface area contributed by atoms with Crippen LogP contribution in [-0.2, 0) is 23.0 Å². The van der Waals surface area contributed by atoms with Crippen LogP contribution in [0.15, 0.2) is 35.4 Å². The molecule has 0 atom stereocenters. The molecular weight excluding hydrogens is 302 g/mol. The van der Waals surface area contributed by atoms with Gasteiger partial charge in [0.1, 0.15) is 5.82 Å². The van der Waals surface area contributed by atoms with E-state index in [1.807, 2.05) is 12.1 Å². The van der Waals surface area contributed by atoms with Gasteiger partial charge in [-0.15, -0.1) is 0 Å². The van der Waals surface area contributed by atoms with Gasteiger partial charge in [-0.25, -0.2) is 18.5 Å². The van der Waals surface area contributed by atoms with Crippen LogP contribution in [0, 0.1) is 0 Å². The molecule has 0 radical (unpaired) electrons. The summed E-state index contributed by atoms with van der Waals surface area (Å²) in [6.45, 7) is 1.42. The highest BCUT2D eigenvalue weighted by atomic mass is 32.2. The molecule has 3 N–H and O–H groups in total. The molecule has 7 nitrogen and oxygen atoms in total. The van der Waals surface area contributed by atoms with Crippen molar-refractivity contribution < 1.29 is 8.42 Å². The number of nitrogens with one attached hydrogen (secondary N) is 1. The zero-order valence-electron chi connectivity index (χ0n) is 12.2. The van der Waals surface area contributed by atoms with Crippen molar-refractivity contribution in [3.05, 3.63) is 41.6 Å². The lowest BCUT2D eigenvalue weighted by molar-refractivity contribution is 0.597. The quantitative estimate of drug-likeness (QED) is 0.865. The number of nitrogens with two attached hydrogens (primary N) is 1. The van der Waals surface area contributed by atoms with Gasteiger partial charge in [0.05, 0.1) is 4.90 Å². The van der Waals surface area contributed by atoms with E-state index in [0.717, 1.165) is 29.9 Å². The summed E-state index contributed by atoms with van der Waals surface area (Å²) >= 11 is 0. The van der Waals surface area contributed by atoms with Crippen molar-refractivity contribution in [3.63, 3.8) is 0 Å². The molecule has 1 aliphatic heterocycles. The normalized spacial score (nSPS) is 14.5. The third-order valence-corrected chi connectivity index (χ3v) is 4.62. The number of anilines is 2. The lowest BCUT2D eigenvalue weighted by Crippen LogP contribution is -2.31. The topological polar surface area (TPSA) is 101 Å². The number of hydrogen-bond acceptors (Lipinski definition) is 6. The Hall–Kier alpha value is -2.19. The van der Waals surface area contributed by atoms with E-state index < -0.39 is 10.0 Å². The van der Waals surface area contributed by atoms with Crippen LogP contribution in [0.1, 0.15) is 11.1 Å². The van der Waals surface area contributed by atoms with Gasteiger partial charge in [-0.05, 0) is 35.7 Å². The molecule has 2 heterocycles. The average Bonchev–Trinajstić information content (AvgIpc) is 2.53. The second-order valence-corrected chi connectivity index (χ2v) is 6.70. The van der Waals surface area contributed by atoms with Gasteiger partial charge in [0.15, 0.2) is 0 Å². The molecule has 8 heteroatoms. The largest absolute Gasteiger partial charge is 0.357 e. The fraction of sp³-hybridized carbons (Fsp3) is 0.286. The van der Waals surface area contributed by atoms with Gasteiger partial charge in [0, 0.05) is 26.3 Å². The molecule has 0 spiro atoms. The highest BCUT2D eigenvalue weighted by Gasteiger charge is 2.20. The summed E-state index contributed by atoms with van der Waals surface area (Å²) in [4.78, 5) is 10.8.